The van der Waals surface area contributed by atoms with Crippen molar-refractivity contribution in [3.05, 3.63) is 136 Å². The van der Waals surface area contributed by atoms with E-state index in [9.17, 15) is 84.0 Å². The van der Waals surface area contributed by atoms with Crippen LogP contribution >= 0.6 is 12.2 Å². The third-order valence-electron chi connectivity index (χ3n) is 15.6. The number of ketones is 1. The molecular formula is C66H77N7O22S. The molecule has 29 nitrogen and oxygen atoms in total. The number of rotatable bonds is 40. The zero-order chi connectivity index (χ0) is 69.5. The van der Waals surface area contributed by atoms with Crippen molar-refractivity contribution in [2.24, 2.45) is 0 Å². The van der Waals surface area contributed by atoms with Crippen LogP contribution < -0.4 is 31.3 Å². The Labute approximate surface area is 555 Å². The lowest BCUT2D eigenvalue weighted by atomic mass is 9.77. The lowest BCUT2D eigenvalue weighted by Crippen LogP contribution is -2.51. The lowest BCUT2D eigenvalue weighted by Gasteiger charge is -2.36. The number of nitrogens with one attached hydrogen (secondary N) is 5. The van der Waals surface area contributed by atoms with Crippen molar-refractivity contribution in [3.63, 3.8) is 0 Å². The Hall–Kier alpha value is -10.1. The van der Waals surface area contributed by atoms with Crippen molar-refractivity contribution in [3.8, 4) is 34.5 Å². The number of amides is 3. The van der Waals surface area contributed by atoms with Gasteiger partial charge in [0.2, 0.25) is 5.91 Å². The molecule has 3 amide bonds. The Balaban J connectivity index is 0.771. The first kappa shape index (κ1) is 73.3. The van der Waals surface area contributed by atoms with Crippen LogP contribution in [-0.2, 0) is 79.3 Å². The van der Waals surface area contributed by atoms with E-state index in [1.165, 1.54) is 46.2 Å². The molecule has 0 fully saturated rings. The summed E-state index contributed by atoms with van der Waals surface area (Å²) >= 11 is 5.49. The van der Waals surface area contributed by atoms with E-state index in [1.54, 1.807) is 54.6 Å². The van der Waals surface area contributed by atoms with Crippen molar-refractivity contribution >= 4 is 76.6 Å². The maximum atomic E-state index is 13.5. The van der Waals surface area contributed by atoms with E-state index < -0.39 is 85.5 Å². The van der Waals surface area contributed by atoms with Gasteiger partial charge < -0.3 is 91.5 Å². The van der Waals surface area contributed by atoms with Gasteiger partial charge in [0, 0.05) is 117 Å². The average molecular weight is 1350 g/mol. The third-order valence-corrected chi connectivity index (χ3v) is 15.9. The van der Waals surface area contributed by atoms with Gasteiger partial charge in [-0.1, -0.05) is 30.3 Å². The molecule has 30 heteroatoms. The number of fused-ring (bicyclic) bond motifs is 6. The largest absolute Gasteiger partial charge is 0.508 e. The van der Waals surface area contributed by atoms with Crippen molar-refractivity contribution in [2.75, 3.05) is 71.0 Å². The van der Waals surface area contributed by atoms with Crippen LogP contribution in [0.1, 0.15) is 107 Å². The fourth-order valence-corrected chi connectivity index (χ4v) is 11.1. The summed E-state index contributed by atoms with van der Waals surface area (Å²) in [6.07, 6.45) is 1.05. The standard InChI is InChI=1S/C66H77N7O22S/c74-44(4-3-26-92-28-29-93-27-23-68-65(96)69-43-10-14-48-47(32-43)63(90)95-66(48)49-15-12-45(75)33-55(49)94-56-34-46(76)13-16-50(56)66)11-6-39-7-18-53(77)41(30-39)35-72(37-59(82)83)24-25-73(38-60(84)85)36-42-31-40(8-19-54(42)78)9-20-57(79)67-22-2-1-5-51(61(86)87)70-64(91)71-52(62(88)89)17-21-58(80)81/h7-8,10,12-16,18-19,30-34,51-52,75-78H,1-6,9,11,17,20-29,35-38H2,(H,67,79)(H,80,81)(H,82,83)(H,84,85)(H,86,87)(H,88,89)(H2,68,69,96)(H2,70,71,91). The second-order valence-corrected chi connectivity index (χ2v) is 23.3. The molecule has 14 N–H and O–H groups in total. The lowest BCUT2D eigenvalue weighted by molar-refractivity contribution is -0.141. The van der Waals surface area contributed by atoms with Gasteiger partial charge in [-0.05, 0) is 117 Å². The van der Waals surface area contributed by atoms with Crippen LogP contribution in [0.25, 0.3) is 0 Å². The molecule has 5 aromatic rings. The number of hydrogen-bond acceptors (Lipinski definition) is 20. The summed E-state index contributed by atoms with van der Waals surface area (Å²) in [5, 5.41) is 103. The number of carbonyl (C=O) groups is 9. The summed E-state index contributed by atoms with van der Waals surface area (Å²) in [5.41, 5.74) is 3.07. The summed E-state index contributed by atoms with van der Waals surface area (Å²) in [5.74, 6) is -7.27. The molecule has 5 aromatic carbocycles. The first-order chi connectivity index (χ1) is 45.9. The number of aryl methyl sites for hydroxylation is 2. The van der Waals surface area contributed by atoms with Crippen molar-refractivity contribution < 1.29 is 108 Å². The number of thiocarbonyl (C=S) groups is 1. The van der Waals surface area contributed by atoms with Crippen LogP contribution in [0.4, 0.5) is 10.5 Å². The minimum atomic E-state index is -1.55. The number of phenols is 4. The van der Waals surface area contributed by atoms with E-state index in [-0.39, 0.29) is 141 Å². The van der Waals surface area contributed by atoms with Gasteiger partial charge in [0.15, 0.2) is 10.7 Å². The predicted molar refractivity (Wildman–Crippen MR) is 345 cm³/mol. The highest BCUT2D eigenvalue weighted by molar-refractivity contribution is 7.80. The molecule has 1 spiro atoms. The molecule has 514 valence electrons. The van der Waals surface area contributed by atoms with E-state index in [1.807, 2.05) is 0 Å². The molecule has 0 saturated carbocycles. The minimum absolute atomic E-state index is 0.0104. The van der Waals surface area contributed by atoms with E-state index in [0.717, 1.165) is 5.56 Å². The average Bonchev–Trinajstić information content (AvgIpc) is 1.48. The zero-order valence-electron chi connectivity index (χ0n) is 52.2. The number of carbonyl (C=O) groups excluding carboxylic acids is 4. The zero-order valence-corrected chi connectivity index (χ0v) is 53.0. The quantitative estimate of drug-likeness (QED) is 0.0137. The topological polar surface area (TPSA) is 439 Å². The molecule has 2 aliphatic heterocycles. The number of aromatic hydroxyl groups is 4. The Kier molecular flexibility index (Phi) is 27.0. The molecule has 7 rings (SSSR count). The van der Waals surface area contributed by atoms with Gasteiger partial charge in [0.25, 0.3) is 0 Å². The second kappa shape index (κ2) is 35.4. The predicted octanol–water partition coefficient (Wildman–Crippen LogP) is 5.14. The number of benzene rings is 5. The maximum absolute atomic E-state index is 13.5. The molecular weight excluding hydrogens is 1270 g/mol. The van der Waals surface area contributed by atoms with E-state index in [2.05, 4.69) is 26.6 Å². The fraction of sp³-hybridized carbons (Fsp3) is 0.394. The normalized spacial score (nSPS) is 13.1. The summed E-state index contributed by atoms with van der Waals surface area (Å²) in [4.78, 5) is 112. The Morgan fingerprint density at radius 1 is 0.552 bits per heavy atom. The number of urea groups is 1. The van der Waals surface area contributed by atoms with E-state index >= 15 is 0 Å². The highest BCUT2D eigenvalue weighted by Gasteiger charge is 2.54. The summed E-state index contributed by atoms with van der Waals surface area (Å²) in [6, 6.07) is 19.6. The monoisotopic (exact) mass is 1350 g/mol. The number of unbranched alkanes of at least 4 members (excludes halogenated alkanes) is 1. The van der Waals surface area contributed by atoms with Gasteiger partial charge in [-0.2, -0.15) is 0 Å². The number of carboxylic acid groups (broad SMARTS) is 5. The van der Waals surface area contributed by atoms with Crippen LogP contribution in [-0.4, -0.2) is 192 Å². The van der Waals surface area contributed by atoms with Crippen molar-refractivity contribution in [1.82, 2.24) is 31.1 Å². The first-order valence-electron chi connectivity index (χ1n) is 30.8. The summed E-state index contributed by atoms with van der Waals surface area (Å²) in [7, 11) is 0. The number of anilines is 1. The van der Waals surface area contributed by atoms with Gasteiger partial charge in [0.1, 0.15) is 52.4 Å². The highest BCUT2D eigenvalue weighted by atomic mass is 32.1. The number of hydrogen-bond donors (Lipinski definition) is 14. The summed E-state index contributed by atoms with van der Waals surface area (Å²) in [6.45, 7) is 0.705. The molecule has 2 unspecified atom stereocenters. The van der Waals surface area contributed by atoms with Crippen molar-refractivity contribution in [1.29, 1.82) is 0 Å². The first-order valence-corrected chi connectivity index (χ1v) is 31.2. The molecule has 0 aromatic heterocycles. The Morgan fingerprint density at radius 2 is 1.10 bits per heavy atom. The second-order valence-electron chi connectivity index (χ2n) is 22.9. The SMILES string of the molecule is O=C(O)CCC(NC(=O)NC(CCCCNC(=O)CCc1ccc(O)c(CN(CCN(CC(=O)O)Cc2cc(CCC(=O)CCCOCCOCCNC(=S)Nc3ccc4c(c3)C(=O)OC43c4ccc(O)cc4Oc4cc(O)ccc43)ccc2O)CC(=O)O)c1)C(=O)O)C(=O)O. The number of carboxylic acids is 5. The van der Waals surface area contributed by atoms with Gasteiger partial charge >= 0.3 is 41.8 Å². The molecule has 0 aliphatic carbocycles. The van der Waals surface area contributed by atoms with E-state index in [0.29, 0.717) is 78.1 Å². The molecule has 0 radical (unpaired) electrons. The highest BCUT2D eigenvalue weighted by Crippen LogP contribution is 2.57. The maximum Gasteiger partial charge on any atom is 0.340 e. The molecule has 2 atom stereocenters. The van der Waals surface area contributed by atoms with Crippen LogP contribution in [0, 0.1) is 0 Å². The van der Waals surface area contributed by atoms with Gasteiger partial charge in [-0.15, -0.1) is 0 Å². The van der Waals surface area contributed by atoms with Crippen LogP contribution in [0.5, 0.6) is 34.5 Å². The number of aliphatic carboxylic acids is 5. The van der Waals surface area contributed by atoms with Crippen LogP contribution in [0.3, 0.4) is 0 Å². The number of nitrogens with zero attached hydrogens (tertiary/aromatic N) is 2. The number of ether oxygens (including phenoxy) is 4. The third kappa shape index (κ3) is 21.7. The minimum Gasteiger partial charge on any atom is -0.508 e. The molecule has 96 heavy (non-hydrogen) atoms. The number of esters is 1. The molecule has 2 aliphatic rings. The van der Waals surface area contributed by atoms with Gasteiger partial charge in [-0.25, -0.2) is 19.2 Å². The molecule has 2 heterocycles. The van der Waals surface area contributed by atoms with Crippen LogP contribution in [0.15, 0.2) is 91.0 Å². The van der Waals surface area contributed by atoms with Gasteiger partial charge in [-0.3, -0.25) is 33.8 Å². The number of Topliss-reactive ketones (excluding diaryl/α,β-unsaturated/α-hetero) is 1. The Morgan fingerprint density at radius 3 is 1.67 bits per heavy atom. The van der Waals surface area contributed by atoms with Crippen molar-refractivity contribution in [2.45, 2.75) is 101 Å². The fourth-order valence-electron chi connectivity index (χ4n) is 10.9. The molecule has 0 saturated heterocycles. The number of phenolic OH excluding ortho intramolecular Hbond substituents is 4. The molecule has 0 bridgehead atoms. The van der Waals surface area contributed by atoms with Gasteiger partial charge in [0.05, 0.1) is 38.5 Å². The summed E-state index contributed by atoms with van der Waals surface area (Å²) < 4.78 is 23.5. The Bertz CT molecular complexity index is 3610. The smallest absolute Gasteiger partial charge is 0.340 e. The van der Waals surface area contributed by atoms with E-state index in [4.69, 9.17) is 36.3 Å². The van der Waals surface area contributed by atoms with Crippen LogP contribution in [0.2, 0.25) is 0 Å².